The number of amidine groups is 1. The maximum Gasteiger partial charge on any atom is 0.213 e. The first-order valence-electron chi connectivity index (χ1n) is 8.95. The third-order valence-electron chi connectivity index (χ3n) is 4.38. The number of aliphatic imine (C=N–C) groups is 1. The zero-order valence-electron chi connectivity index (χ0n) is 17.0. The van der Waals surface area contributed by atoms with Crippen molar-refractivity contribution >= 4 is 17.1 Å². The Morgan fingerprint density at radius 3 is 2.55 bits per heavy atom. The molecule has 150 valence electrons. The Bertz CT molecular complexity index is 978. The van der Waals surface area contributed by atoms with Crippen LogP contribution in [0.3, 0.4) is 0 Å². The molecule has 0 bridgehead atoms. The van der Waals surface area contributed by atoms with Crippen molar-refractivity contribution in [2.75, 3.05) is 33.7 Å². The lowest BCUT2D eigenvalue weighted by Crippen LogP contribution is -2.21. The van der Waals surface area contributed by atoms with Crippen molar-refractivity contribution in [2.45, 2.75) is 0 Å². The molecule has 0 saturated heterocycles. The van der Waals surface area contributed by atoms with E-state index < -0.39 is 0 Å². The van der Waals surface area contributed by atoms with Crippen LogP contribution in [-0.2, 0) is 0 Å². The Labute approximate surface area is 170 Å². The molecule has 1 aromatic carbocycles. The van der Waals surface area contributed by atoms with Gasteiger partial charge in [-0.05, 0) is 24.3 Å². The fourth-order valence-electron chi connectivity index (χ4n) is 2.87. The van der Waals surface area contributed by atoms with Gasteiger partial charge in [-0.2, -0.15) is 0 Å². The van der Waals surface area contributed by atoms with Gasteiger partial charge in [-0.3, -0.25) is 0 Å². The summed E-state index contributed by atoms with van der Waals surface area (Å²) < 4.78 is 15.9. The van der Waals surface area contributed by atoms with Crippen molar-refractivity contribution < 1.29 is 14.2 Å². The van der Waals surface area contributed by atoms with Crippen molar-refractivity contribution in [3.05, 3.63) is 72.8 Å². The summed E-state index contributed by atoms with van der Waals surface area (Å²) in [5.41, 5.74) is 2.51. The molecule has 2 aromatic rings. The summed E-state index contributed by atoms with van der Waals surface area (Å²) in [7, 11) is 6.76. The second-order valence-corrected chi connectivity index (χ2v) is 6.15. The molecule has 3 rings (SSSR count). The van der Waals surface area contributed by atoms with Crippen LogP contribution in [0, 0.1) is 0 Å². The molecule has 0 spiro atoms. The zero-order valence-corrected chi connectivity index (χ0v) is 17.0. The number of benzene rings is 1. The first-order valence-corrected chi connectivity index (χ1v) is 8.95. The monoisotopic (exact) mass is 392 g/mol. The van der Waals surface area contributed by atoms with Crippen molar-refractivity contribution in [2.24, 2.45) is 4.99 Å². The minimum absolute atomic E-state index is 0.553. The maximum atomic E-state index is 5.56. The van der Waals surface area contributed by atoms with E-state index >= 15 is 0 Å². The number of anilines is 1. The summed E-state index contributed by atoms with van der Waals surface area (Å²) in [6, 6.07) is 9.32. The molecule has 1 aliphatic rings. The van der Waals surface area contributed by atoms with Crippen LogP contribution in [0.25, 0.3) is 5.57 Å². The molecule has 0 unspecified atom stereocenters. The maximum absolute atomic E-state index is 5.56. The van der Waals surface area contributed by atoms with Crippen molar-refractivity contribution in [1.82, 2.24) is 9.88 Å². The van der Waals surface area contributed by atoms with Gasteiger partial charge in [-0.1, -0.05) is 12.7 Å². The number of rotatable bonds is 6. The standard InChI is InChI=1S/C22H24N4O3/c1-6-17(18-9-8-16(27-3)13-19(18)28-4)22-25-20(11-12-26(22)2)24-15-7-10-21(29-5)23-14-15/h6-14H,1H2,2-5H3,(H,24,25)/b22-17+. The van der Waals surface area contributed by atoms with E-state index in [1.807, 2.05) is 48.5 Å². The summed E-state index contributed by atoms with van der Waals surface area (Å²) in [6.07, 6.45) is 7.28. The number of nitrogens with one attached hydrogen (secondary N) is 1. The normalized spacial score (nSPS) is 14.8. The molecular weight excluding hydrogens is 368 g/mol. The molecule has 7 heteroatoms. The van der Waals surface area contributed by atoms with E-state index in [0.717, 1.165) is 22.6 Å². The number of hydrogen-bond donors (Lipinski definition) is 1. The van der Waals surface area contributed by atoms with Gasteiger partial charge in [-0.15, -0.1) is 0 Å². The van der Waals surface area contributed by atoms with Gasteiger partial charge in [0.05, 0.1) is 33.2 Å². The highest BCUT2D eigenvalue weighted by Crippen LogP contribution is 2.34. The topological polar surface area (TPSA) is 68.2 Å². The van der Waals surface area contributed by atoms with Gasteiger partial charge >= 0.3 is 0 Å². The van der Waals surface area contributed by atoms with Crippen LogP contribution in [0.15, 0.2) is 72.3 Å². The predicted octanol–water partition coefficient (Wildman–Crippen LogP) is 3.93. The fourth-order valence-corrected chi connectivity index (χ4v) is 2.87. The molecule has 1 aromatic heterocycles. The molecule has 29 heavy (non-hydrogen) atoms. The highest BCUT2D eigenvalue weighted by molar-refractivity contribution is 6.05. The van der Waals surface area contributed by atoms with E-state index in [1.165, 1.54) is 0 Å². The van der Waals surface area contributed by atoms with Crippen molar-refractivity contribution in [1.29, 1.82) is 0 Å². The minimum atomic E-state index is 0.553. The van der Waals surface area contributed by atoms with E-state index in [2.05, 4.69) is 16.9 Å². The highest BCUT2D eigenvalue weighted by atomic mass is 16.5. The summed E-state index contributed by atoms with van der Waals surface area (Å²) in [5, 5.41) is 3.26. The molecular formula is C22H24N4O3. The fraction of sp³-hybridized carbons (Fsp3) is 0.182. The van der Waals surface area contributed by atoms with E-state index in [9.17, 15) is 0 Å². The third-order valence-corrected chi connectivity index (χ3v) is 4.38. The Morgan fingerprint density at radius 2 is 1.93 bits per heavy atom. The van der Waals surface area contributed by atoms with Gasteiger partial charge in [0.1, 0.15) is 23.2 Å². The quantitative estimate of drug-likeness (QED) is 0.803. The average Bonchev–Trinajstić information content (AvgIpc) is 2.77. The SMILES string of the molecule is C=C/C(=C1/N=C(Nc2ccc(OC)nc2)C=CN1C)c1ccc(OC)cc1OC. The number of nitrogens with zero attached hydrogens (tertiary/aromatic N) is 3. The van der Waals surface area contributed by atoms with Gasteiger partial charge < -0.3 is 24.4 Å². The summed E-state index contributed by atoms with van der Waals surface area (Å²) in [6.45, 7) is 3.98. The van der Waals surface area contributed by atoms with E-state index in [-0.39, 0.29) is 0 Å². The largest absolute Gasteiger partial charge is 0.497 e. The van der Waals surface area contributed by atoms with Crippen molar-refractivity contribution in [3.8, 4) is 17.4 Å². The molecule has 1 N–H and O–H groups in total. The number of methoxy groups -OCH3 is 3. The van der Waals surface area contributed by atoms with Gasteiger partial charge in [0.15, 0.2) is 0 Å². The zero-order chi connectivity index (χ0) is 20.8. The Balaban J connectivity index is 1.99. The minimum Gasteiger partial charge on any atom is -0.497 e. The number of hydrogen-bond acceptors (Lipinski definition) is 7. The Kier molecular flexibility index (Phi) is 6.19. The van der Waals surface area contributed by atoms with Gasteiger partial charge in [0, 0.05) is 36.5 Å². The lowest BCUT2D eigenvalue weighted by Gasteiger charge is -2.23. The molecule has 0 radical (unpaired) electrons. The van der Waals surface area contributed by atoms with Crippen LogP contribution in [-0.4, -0.2) is 44.1 Å². The van der Waals surface area contributed by atoms with Crippen LogP contribution < -0.4 is 19.5 Å². The smallest absolute Gasteiger partial charge is 0.213 e. The average molecular weight is 392 g/mol. The molecule has 0 atom stereocenters. The van der Waals surface area contributed by atoms with Crippen LogP contribution >= 0.6 is 0 Å². The lowest BCUT2D eigenvalue weighted by molar-refractivity contribution is 0.393. The van der Waals surface area contributed by atoms with Gasteiger partial charge in [0.25, 0.3) is 0 Å². The second-order valence-electron chi connectivity index (χ2n) is 6.15. The summed E-state index contributed by atoms with van der Waals surface area (Å²) in [4.78, 5) is 10.9. The molecule has 0 fully saturated rings. The predicted molar refractivity (Wildman–Crippen MR) is 115 cm³/mol. The highest BCUT2D eigenvalue weighted by Gasteiger charge is 2.17. The molecule has 1 aliphatic heterocycles. The van der Waals surface area contributed by atoms with Crippen LogP contribution in [0.5, 0.6) is 17.4 Å². The van der Waals surface area contributed by atoms with Gasteiger partial charge in [-0.25, -0.2) is 9.98 Å². The lowest BCUT2D eigenvalue weighted by atomic mass is 10.0. The molecule has 0 saturated carbocycles. The first kappa shape index (κ1) is 20.0. The van der Waals surface area contributed by atoms with Crippen LogP contribution in [0.4, 0.5) is 5.69 Å². The van der Waals surface area contributed by atoms with Gasteiger partial charge in [0.2, 0.25) is 5.88 Å². The molecule has 0 amide bonds. The number of aromatic nitrogens is 1. The van der Waals surface area contributed by atoms with Crippen LogP contribution in [0.2, 0.25) is 0 Å². The van der Waals surface area contributed by atoms with Crippen molar-refractivity contribution in [3.63, 3.8) is 0 Å². The first-order chi connectivity index (χ1) is 14.1. The second kappa shape index (κ2) is 8.97. The number of pyridine rings is 1. The van der Waals surface area contributed by atoms with E-state index in [4.69, 9.17) is 19.2 Å². The number of ether oxygens (including phenoxy) is 3. The molecule has 7 nitrogen and oxygen atoms in total. The molecule has 0 aliphatic carbocycles. The molecule has 2 heterocycles. The van der Waals surface area contributed by atoms with E-state index in [1.54, 1.807) is 39.7 Å². The van der Waals surface area contributed by atoms with E-state index in [0.29, 0.717) is 23.2 Å². The third kappa shape index (κ3) is 4.40. The summed E-state index contributed by atoms with van der Waals surface area (Å²) >= 11 is 0. The Hall–Kier alpha value is -3.74. The summed E-state index contributed by atoms with van der Waals surface area (Å²) in [5.74, 6) is 3.36. The number of allylic oxidation sites excluding steroid dienone is 2. The van der Waals surface area contributed by atoms with Crippen LogP contribution in [0.1, 0.15) is 5.56 Å². The Morgan fingerprint density at radius 1 is 1.10 bits per heavy atom.